The van der Waals surface area contributed by atoms with E-state index in [1.807, 2.05) is 6.07 Å². The lowest BCUT2D eigenvalue weighted by Gasteiger charge is -2.22. The van der Waals surface area contributed by atoms with Crippen LogP contribution in [-0.2, 0) is 10.0 Å². The maximum absolute atomic E-state index is 12.5. The third-order valence-electron chi connectivity index (χ3n) is 4.97. The number of halogens is 1. The van der Waals surface area contributed by atoms with Gasteiger partial charge in [0.25, 0.3) is 5.69 Å². The van der Waals surface area contributed by atoms with Crippen molar-refractivity contribution in [1.29, 1.82) is 0 Å². The van der Waals surface area contributed by atoms with Gasteiger partial charge in [-0.2, -0.15) is 9.52 Å². The van der Waals surface area contributed by atoms with Gasteiger partial charge in [0.15, 0.2) is 0 Å². The van der Waals surface area contributed by atoms with E-state index in [4.69, 9.17) is 16.3 Å². The summed E-state index contributed by atoms with van der Waals surface area (Å²) in [4.78, 5) is 15.0. The van der Waals surface area contributed by atoms with E-state index in [9.17, 15) is 18.5 Å². The Morgan fingerprint density at radius 3 is 2.68 bits per heavy atom. The van der Waals surface area contributed by atoms with Gasteiger partial charge in [-0.3, -0.25) is 10.1 Å². The molecule has 1 unspecified atom stereocenters. The van der Waals surface area contributed by atoms with Gasteiger partial charge in [-0.1, -0.05) is 23.7 Å². The highest BCUT2D eigenvalue weighted by Crippen LogP contribution is 2.39. The first-order valence-corrected chi connectivity index (χ1v) is 11.4. The van der Waals surface area contributed by atoms with Gasteiger partial charge >= 0.3 is 0 Å². The number of non-ortho nitro benzene ring substituents is 1. The van der Waals surface area contributed by atoms with E-state index in [2.05, 4.69) is 10.1 Å². The van der Waals surface area contributed by atoms with Crippen molar-refractivity contribution in [2.45, 2.75) is 12.5 Å². The molecule has 1 atom stereocenters. The molecule has 0 aliphatic carbocycles. The van der Waals surface area contributed by atoms with E-state index in [0.29, 0.717) is 28.1 Å². The minimum absolute atomic E-state index is 0.103. The molecule has 9 nitrogen and oxygen atoms in total. The smallest absolute Gasteiger partial charge is 0.270 e. The fourth-order valence-corrected chi connectivity index (χ4v) is 4.67. The molecule has 1 aliphatic heterocycles. The summed E-state index contributed by atoms with van der Waals surface area (Å²) in [5, 5.41) is 16.3. The Hall–Kier alpha value is -3.24. The zero-order valence-corrected chi connectivity index (χ0v) is 18.1. The number of pyridine rings is 1. The summed E-state index contributed by atoms with van der Waals surface area (Å²) in [6.45, 7) is 0. The summed E-state index contributed by atoms with van der Waals surface area (Å²) in [7, 11) is -2.19. The van der Waals surface area contributed by atoms with E-state index in [0.717, 1.165) is 16.1 Å². The first kappa shape index (κ1) is 21.0. The zero-order valence-electron chi connectivity index (χ0n) is 16.5. The Bertz CT molecular complexity index is 1340. The van der Waals surface area contributed by atoms with Crippen LogP contribution in [0.25, 0.3) is 10.9 Å². The van der Waals surface area contributed by atoms with Gasteiger partial charge in [-0.25, -0.2) is 13.4 Å². The van der Waals surface area contributed by atoms with Crippen molar-refractivity contribution in [1.82, 2.24) is 9.40 Å². The molecule has 2 heterocycles. The molecule has 0 fully saturated rings. The van der Waals surface area contributed by atoms with Gasteiger partial charge in [-0.05, 0) is 18.2 Å². The molecule has 160 valence electrons. The summed E-state index contributed by atoms with van der Waals surface area (Å²) in [5.74, 6) is 0.624. The largest absolute Gasteiger partial charge is 0.497 e. The molecular formula is C20H17ClN4O5S. The van der Waals surface area contributed by atoms with Crippen LogP contribution in [0.3, 0.4) is 0 Å². The number of hydrogen-bond acceptors (Lipinski definition) is 7. The Labute approximate surface area is 183 Å². The predicted molar refractivity (Wildman–Crippen MR) is 117 cm³/mol. The van der Waals surface area contributed by atoms with Crippen LogP contribution in [0.5, 0.6) is 5.75 Å². The molecule has 2 aromatic carbocycles. The van der Waals surface area contributed by atoms with Gasteiger partial charge in [-0.15, -0.1) is 0 Å². The SMILES string of the molecule is COc1ccc2cc(C3CC(c4cccc([N+](=O)[O-])c4)=NN3S(C)(=O)=O)c(Cl)nc2c1. The molecule has 0 bridgehead atoms. The summed E-state index contributed by atoms with van der Waals surface area (Å²) in [5.41, 5.74) is 1.88. The van der Waals surface area contributed by atoms with Crippen molar-refractivity contribution in [3.8, 4) is 5.75 Å². The van der Waals surface area contributed by atoms with Crippen LogP contribution in [0.2, 0.25) is 5.15 Å². The number of nitro benzene ring substituents is 1. The van der Waals surface area contributed by atoms with Crippen LogP contribution in [-0.4, -0.2) is 41.8 Å². The second-order valence-corrected chi connectivity index (χ2v) is 9.23. The van der Waals surface area contributed by atoms with E-state index in [1.54, 1.807) is 31.4 Å². The van der Waals surface area contributed by atoms with Crippen LogP contribution < -0.4 is 4.74 Å². The van der Waals surface area contributed by atoms with Gasteiger partial charge in [0, 0.05) is 41.1 Å². The maximum atomic E-state index is 12.5. The highest BCUT2D eigenvalue weighted by molar-refractivity contribution is 7.88. The second-order valence-electron chi connectivity index (χ2n) is 7.04. The number of benzene rings is 2. The van der Waals surface area contributed by atoms with Crippen molar-refractivity contribution in [3.63, 3.8) is 0 Å². The van der Waals surface area contributed by atoms with Crippen molar-refractivity contribution >= 4 is 43.9 Å². The average Bonchev–Trinajstić information content (AvgIpc) is 3.18. The summed E-state index contributed by atoms with van der Waals surface area (Å²) < 4.78 is 31.1. The summed E-state index contributed by atoms with van der Waals surface area (Å²) >= 11 is 6.44. The normalized spacial score (nSPS) is 16.4. The fourth-order valence-electron chi connectivity index (χ4n) is 3.50. The lowest BCUT2D eigenvalue weighted by Crippen LogP contribution is -2.26. The summed E-state index contributed by atoms with van der Waals surface area (Å²) in [6.07, 6.45) is 1.24. The van der Waals surface area contributed by atoms with Crippen molar-refractivity contribution in [2.24, 2.45) is 5.10 Å². The molecule has 1 aliphatic rings. The molecule has 0 amide bonds. The van der Waals surface area contributed by atoms with Crippen LogP contribution >= 0.6 is 11.6 Å². The third kappa shape index (κ3) is 4.04. The quantitative estimate of drug-likeness (QED) is 0.324. The van der Waals surface area contributed by atoms with E-state index in [-0.39, 0.29) is 17.3 Å². The lowest BCUT2D eigenvalue weighted by atomic mass is 9.99. The number of hydrogen-bond donors (Lipinski definition) is 0. The van der Waals surface area contributed by atoms with Gasteiger partial charge in [0.2, 0.25) is 10.0 Å². The van der Waals surface area contributed by atoms with E-state index in [1.165, 1.54) is 18.2 Å². The van der Waals surface area contributed by atoms with Gasteiger partial charge < -0.3 is 4.74 Å². The number of nitrogens with zero attached hydrogens (tertiary/aromatic N) is 4. The highest BCUT2D eigenvalue weighted by atomic mass is 35.5. The number of hydrazone groups is 1. The van der Waals surface area contributed by atoms with E-state index >= 15 is 0 Å². The number of methoxy groups -OCH3 is 1. The Morgan fingerprint density at radius 2 is 2.00 bits per heavy atom. The van der Waals surface area contributed by atoms with Crippen LogP contribution in [0.4, 0.5) is 5.69 Å². The first-order valence-electron chi connectivity index (χ1n) is 9.13. The van der Waals surface area contributed by atoms with Gasteiger partial charge in [0.1, 0.15) is 10.9 Å². The number of fused-ring (bicyclic) bond motifs is 1. The summed E-state index contributed by atoms with van der Waals surface area (Å²) in [6, 6.07) is 12.3. The van der Waals surface area contributed by atoms with Crippen LogP contribution in [0, 0.1) is 10.1 Å². The maximum Gasteiger partial charge on any atom is 0.270 e. The van der Waals surface area contributed by atoms with Crippen molar-refractivity contribution in [2.75, 3.05) is 13.4 Å². The Balaban J connectivity index is 1.79. The van der Waals surface area contributed by atoms with E-state index < -0.39 is 21.0 Å². The monoisotopic (exact) mass is 460 g/mol. The molecule has 0 spiro atoms. The minimum atomic E-state index is -3.74. The molecule has 0 radical (unpaired) electrons. The molecule has 0 saturated heterocycles. The topological polar surface area (TPSA) is 115 Å². The number of rotatable bonds is 5. The average molecular weight is 461 g/mol. The predicted octanol–water partition coefficient (Wildman–Crippen LogP) is 3.92. The molecule has 1 aromatic heterocycles. The molecule has 0 saturated carbocycles. The highest BCUT2D eigenvalue weighted by Gasteiger charge is 2.36. The zero-order chi connectivity index (χ0) is 22.3. The van der Waals surface area contributed by atoms with Crippen molar-refractivity contribution in [3.05, 3.63) is 74.9 Å². The molecule has 11 heteroatoms. The number of sulfonamides is 1. The molecule has 3 aromatic rings. The van der Waals surface area contributed by atoms with Gasteiger partial charge in [0.05, 0.1) is 35.6 Å². The molecule has 4 rings (SSSR count). The second kappa shape index (κ2) is 7.78. The van der Waals surface area contributed by atoms with Crippen molar-refractivity contribution < 1.29 is 18.1 Å². The molecule has 31 heavy (non-hydrogen) atoms. The fraction of sp³-hybridized carbons (Fsp3) is 0.200. The minimum Gasteiger partial charge on any atom is -0.497 e. The Morgan fingerprint density at radius 1 is 1.23 bits per heavy atom. The lowest BCUT2D eigenvalue weighted by molar-refractivity contribution is -0.384. The standard InChI is InChI=1S/C20H17ClN4O5S/c1-30-15-7-6-13-9-16(20(21)22-17(13)10-15)19-11-18(23-24(19)31(2,28)29)12-4-3-5-14(8-12)25(26)27/h3-10,19H,11H2,1-2H3. The molecule has 0 N–H and O–H groups in total. The Kier molecular flexibility index (Phi) is 5.28. The first-order chi connectivity index (χ1) is 14.7. The molecular weight excluding hydrogens is 444 g/mol. The van der Waals surface area contributed by atoms with Crippen LogP contribution in [0.1, 0.15) is 23.6 Å². The van der Waals surface area contributed by atoms with Crippen LogP contribution in [0.15, 0.2) is 53.6 Å². The number of aromatic nitrogens is 1. The number of nitro groups is 1. The number of ether oxygens (including phenoxy) is 1. The third-order valence-corrected chi connectivity index (χ3v) is 6.29.